The Kier molecular flexibility index (Phi) is 48.0. The second-order valence-corrected chi connectivity index (χ2v) is 20.4. The summed E-state index contributed by atoms with van der Waals surface area (Å²) in [5.74, 6) is -0.195. The molecule has 1 heterocycles. The highest BCUT2D eigenvalue weighted by molar-refractivity contribution is 5.76. The average molecular weight is 999 g/mol. The highest BCUT2D eigenvalue weighted by atomic mass is 16.7. The van der Waals surface area contributed by atoms with Gasteiger partial charge in [-0.15, -0.1) is 0 Å². The average Bonchev–Trinajstić information content (AvgIpc) is 3.37. The summed E-state index contributed by atoms with van der Waals surface area (Å²) in [5.41, 5.74) is 0. The summed E-state index contributed by atoms with van der Waals surface area (Å²) in [7, 11) is 0. The molecular formula is C62H111NO8. The highest BCUT2D eigenvalue weighted by Gasteiger charge is 2.44. The predicted molar refractivity (Wildman–Crippen MR) is 299 cm³/mol. The molecule has 9 nitrogen and oxygen atoms in total. The standard InChI is InChI=1S/C62H111NO8/c1-3-5-7-9-11-13-15-17-19-21-23-25-27-28-30-32-34-36-38-40-42-44-46-48-50-52-58(66)63-55(54-70-62-61(69)60(68)59(67)57(53-64)71-62)56(65)51-49-47-45-43-41-39-37-35-33-31-29-26-24-22-20-18-16-14-12-10-8-6-4-2/h15,17,21,23,27-28,33,35,41,43,49,51,55-57,59-62,64-65,67-69H,3-14,16,18-20,22,24-26,29-32,34,36-40,42,44-48,50,52-54H2,1-2H3,(H,63,66)/b17-15-,23-21-,28-27-,35-33+,43-41+,51-49+. The number of rotatable bonds is 50. The largest absolute Gasteiger partial charge is 0.394 e. The maximum atomic E-state index is 13.1. The van der Waals surface area contributed by atoms with Crippen molar-refractivity contribution in [1.82, 2.24) is 5.32 Å². The van der Waals surface area contributed by atoms with Crippen molar-refractivity contribution in [2.24, 2.45) is 0 Å². The Hall–Kier alpha value is -2.37. The molecular weight excluding hydrogens is 887 g/mol. The van der Waals surface area contributed by atoms with Gasteiger partial charge in [-0.1, -0.05) is 241 Å². The van der Waals surface area contributed by atoms with Crippen LogP contribution in [0.2, 0.25) is 0 Å². The number of carbonyl (C=O) groups excluding carboxylic acids is 1. The normalized spacial score (nSPS) is 19.8. The number of aliphatic hydroxyl groups is 5. The number of unbranched alkanes of at least 4 members (excludes halogenated alkanes) is 30. The van der Waals surface area contributed by atoms with E-state index in [0.717, 1.165) is 70.6 Å². The van der Waals surface area contributed by atoms with Crippen LogP contribution >= 0.6 is 0 Å². The van der Waals surface area contributed by atoms with Gasteiger partial charge in [-0.25, -0.2) is 0 Å². The summed E-state index contributed by atoms with van der Waals surface area (Å²) in [5, 5.41) is 54.5. The van der Waals surface area contributed by atoms with E-state index in [-0.39, 0.29) is 12.5 Å². The molecule has 0 aromatic heterocycles. The van der Waals surface area contributed by atoms with Gasteiger partial charge in [0.1, 0.15) is 24.4 Å². The maximum Gasteiger partial charge on any atom is 0.220 e. The lowest BCUT2D eigenvalue weighted by Gasteiger charge is -2.40. The van der Waals surface area contributed by atoms with E-state index in [9.17, 15) is 30.3 Å². The molecule has 0 aromatic carbocycles. The van der Waals surface area contributed by atoms with Crippen LogP contribution in [0.1, 0.15) is 258 Å². The zero-order valence-electron chi connectivity index (χ0n) is 45.7. The van der Waals surface area contributed by atoms with Crippen molar-refractivity contribution in [3.05, 3.63) is 72.9 Å². The second kappa shape index (κ2) is 51.1. The Morgan fingerprint density at radius 3 is 1.28 bits per heavy atom. The van der Waals surface area contributed by atoms with Crippen LogP contribution in [-0.2, 0) is 14.3 Å². The highest BCUT2D eigenvalue weighted by Crippen LogP contribution is 2.23. The number of aliphatic hydroxyl groups excluding tert-OH is 5. The third-order valence-electron chi connectivity index (χ3n) is 13.7. The minimum absolute atomic E-state index is 0.195. The van der Waals surface area contributed by atoms with Gasteiger partial charge in [0.25, 0.3) is 0 Å². The SMILES string of the molecule is CCCCCCC/C=C\C/C=C\C/C=C\CCCCCCCCCCCCC(=O)NC(COC1OC(CO)C(O)C(O)C1O)C(O)/C=C/CC/C=C/CC/C=C/CCCCCCCCCCCCCCC. The van der Waals surface area contributed by atoms with Crippen LogP contribution in [-0.4, -0.2) is 87.5 Å². The van der Waals surface area contributed by atoms with Gasteiger partial charge < -0.3 is 40.3 Å². The lowest BCUT2D eigenvalue weighted by Crippen LogP contribution is -2.60. The first-order valence-corrected chi connectivity index (χ1v) is 29.7. The monoisotopic (exact) mass is 998 g/mol. The van der Waals surface area contributed by atoms with E-state index >= 15 is 0 Å². The Morgan fingerprint density at radius 2 is 0.845 bits per heavy atom. The van der Waals surface area contributed by atoms with Gasteiger partial charge in [0.05, 0.1) is 25.4 Å². The van der Waals surface area contributed by atoms with Gasteiger partial charge in [0.15, 0.2) is 6.29 Å². The zero-order valence-corrected chi connectivity index (χ0v) is 45.7. The Balaban J connectivity index is 2.27. The van der Waals surface area contributed by atoms with Gasteiger partial charge in [-0.3, -0.25) is 4.79 Å². The molecule has 1 aliphatic rings. The summed E-state index contributed by atoms with van der Waals surface area (Å²) >= 11 is 0. The molecule has 0 radical (unpaired) electrons. The molecule has 1 fully saturated rings. The molecule has 71 heavy (non-hydrogen) atoms. The number of hydrogen-bond acceptors (Lipinski definition) is 8. The van der Waals surface area contributed by atoms with Gasteiger partial charge in [0.2, 0.25) is 5.91 Å². The lowest BCUT2D eigenvalue weighted by molar-refractivity contribution is -0.302. The number of hydrogen-bond donors (Lipinski definition) is 6. The van der Waals surface area contributed by atoms with E-state index in [4.69, 9.17) is 9.47 Å². The molecule has 1 amide bonds. The van der Waals surface area contributed by atoms with Crippen molar-refractivity contribution in [3.63, 3.8) is 0 Å². The number of ether oxygens (including phenoxy) is 2. The fraction of sp³-hybridized carbons (Fsp3) is 0.790. The number of allylic oxidation sites excluding steroid dienone is 11. The molecule has 9 heteroatoms. The summed E-state index contributed by atoms with van der Waals surface area (Å²) in [6, 6.07) is -0.835. The van der Waals surface area contributed by atoms with Crippen LogP contribution in [0.3, 0.4) is 0 Å². The number of carbonyl (C=O) groups is 1. The van der Waals surface area contributed by atoms with E-state index in [1.54, 1.807) is 6.08 Å². The minimum atomic E-state index is -1.58. The van der Waals surface area contributed by atoms with Crippen molar-refractivity contribution in [3.8, 4) is 0 Å². The first kappa shape index (κ1) is 66.6. The molecule has 7 atom stereocenters. The first-order valence-electron chi connectivity index (χ1n) is 29.7. The van der Waals surface area contributed by atoms with Crippen molar-refractivity contribution in [1.29, 1.82) is 0 Å². The minimum Gasteiger partial charge on any atom is -0.394 e. The van der Waals surface area contributed by atoms with E-state index in [1.165, 1.54) is 167 Å². The summed E-state index contributed by atoms with van der Waals surface area (Å²) in [4.78, 5) is 13.1. The third-order valence-corrected chi connectivity index (χ3v) is 13.7. The molecule has 0 saturated carbocycles. The third kappa shape index (κ3) is 40.7. The van der Waals surface area contributed by atoms with Gasteiger partial charge >= 0.3 is 0 Å². The van der Waals surface area contributed by atoms with Crippen LogP contribution in [0.25, 0.3) is 0 Å². The molecule has 0 aromatic rings. The number of nitrogens with one attached hydrogen (secondary N) is 1. The molecule has 1 aliphatic heterocycles. The zero-order chi connectivity index (χ0) is 51.5. The van der Waals surface area contributed by atoms with Crippen molar-refractivity contribution >= 4 is 5.91 Å². The van der Waals surface area contributed by atoms with E-state index in [1.807, 2.05) is 6.08 Å². The molecule has 7 unspecified atom stereocenters. The molecule has 412 valence electrons. The fourth-order valence-electron chi connectivity index (χ4n) is 9.02. The van der Waals surface area contributed by atoms with Crippen LogP contribution in [0.15, 0.2) is 72.9 Å². The molecule has 0 spiro atoms. The van der Waals surface area contributed by atoms with E-state index in [0.29, 0.717) is 6.42 Å². The second-order valence-electron chi connectivity index (χ2n) is 20.4. The summed E-state index contributed by atoms with van der Waals surface area (Å²) in [6.07, 6.45) is 63.9. The number of amides is 1. The van der Waals surface area contributed by atoms with Gasteiger partial charge in [-0.05, 0) is 83.5 Å². The molecule has 0 aliphatic carbocycles. The topological polar surface area (TPSA) is 149 Å². The molecule has 0 bridgehead atoms. The van der Waals surface area contributed by atoms with Gasteiger partial charge in [-0.2, -0.15) is 0 Å². The Morgan fingerprint density at radius 1 is 0.479 bits per heavy atom. The molecule has 6 N–H and O–H groups in total. The van der Waals surface area contributed by atoms with Crippen LogP contribution in [0, 0.1) is 0 Å². The van der Waals surface area contributed by atoms with Crippen LogP contribution in [0.4, 0.5) is 0 Å². The van der Waals surface area contributed by atoms with Crippen molar-refractivity contribution < 1.29 is 39.8 Å². The lowest BCUT2D eigenvalue weighted by atomic mass is 9.99. The Bertz CT molecular complexity index is 1340. The van der Waals surface area contributed by atoms with E-state index < -0.39 is 49.5 Å². The van der Waals surface area contributed by atoms with Crippen LogP contribution in [0.5, 0.6) is 0 Å². The van der Waals surface area contributed by atoms with Crippen molar-refractivity contribution in [2.45, 2.75) is 301 Å². The smallest absolute Gasteiger partial charge is 0.220 e. The maximum absolute atomic E-state index is 13.1. The summed E-state index contributed by atoms with van der Waals surface area (Å²) in [6.45, 7) is 3.76. The first-order chi connectivity index (χ1) is 34.8. The predicted octanol–water partition coefficient (Wildman–Crippen LogP) is 14.8. The molecule has 1 saturated heterocycles. The fourth-order valence-corrected chi connectivity index (χ4v) is 9.02. The van der Waals surface area contributed by atoms with Crippen molar-refractivity contribution in [2.75, 3.05) is 13.2 Å². The summed E-state index contributed by atoms with van der Waals surface area (Å²) < 4.78 is 11.3. The van der Waals surface area contributed by atoms with Gasteiger partial charge in [0, 0.05) is 6.42 Å². The van der Waals surface area contributed by atoms with E-state index in [2.05, 4.69) is 79.9 Å². The Labute approximate surface area is 436 Å². The van der Waals surface area contributed by atoms with Crippen LogP contribution < -0.4 is 5.32 Å². The molecule has 1 rings (SSSR count). The quantitative estimate of drug-likeness (QED) is 0.0261.